The molecule has 30 heavy (non-hydrogen) atoms. The van der Waals surface area contributed by atoms with Crippen molar-refractivity contribution >= 4 is 0 Å². The molecule has 7 fully saturated rings. The monoisotopic (exact) mass is 420 g/mol. The summed E-state index contributed by atoms with van der Waals surface area (Å²) in [5, 5.41) is 19.3. The van der Waals surface area contributed by atoms with Gasteiger partial charge in [0.15, 0.2) is 0 Å². The lowest BCUT2D eigenvalue weighted by Crippen LogP contribution is -2.29. The molecule has 7 rings (SSSR count). The highest BCUT2D eigenvalue weighted by Gasteiger charge is 2.61. The minimum atomic E-state index is 0. The first kappa shape index (κ1) is 23.1. The van der Waals surface area contributed by atoms with Crippen LogP contribution in [0.1, 0.15) is 80.6 Å². The van der Waals surface area contributed by atoms with Crippen molar-refractivity contribution < 1.29 is 14.9 Å². The first-order valence-corrected chi connectivity index (χ1v) is 12.8. The fourth-order valence-electron chi connectivity index (χ4n) is 8.85. The van der Waals surface area contributed by atoms with Gasteiger partial charge in [-0.25, -0.2) is 0 Å². The summed E-state index contributed by atoms with van der Waals surface area (Å²) in [4.78, 5) is 0. The zero-order valence-corrected chi connectivity index (χ0v) is 19.2. The lowest BCUT2D eigenvalue weighted by atomic mass is 9.81. The predicted octanol–water partition coefficient (Wildman–Crippen LogP) is 5.38. The molecular formula is C27H48O3. The molecule has 6 aliphatic carbocycles. The van der Waals surface area contributed by atoms with Gasteiger partial charge in [-0.2, -0.15) is 0 Å². The zero-order chi connectivity index (χ0) is 20.6. The fourth-order valence-corrected chi connectivity index (χ4v) is 8.85. The number of fused-ring (bicyclic) bond motifs is 9. The third-order valence-electron chi connectivity index (χ3n) is 10.8. The summed E-state index contributed by atoms with van der Waals surface area (Å²) in [6.45, 7) is 11.4. The van der Waals surface area contributed by atoms with Gasteiger partial charge in [0.05, 0.1) is 24.4 Å². The van der Waals surface area contributed by atoms with Crippen molar-refractivity contribution in [3.8, 4) is 0 Å². The SMILES string of the molecule is C.CC1C(O)[C@@H]2C[C@H]1[C@@H](C)C2.CC1C(O)[C@H]2C[C@@H]1C[C@@H]2C.C[C@H]1C[C@H]2C[C@@H]1C1OC12. The summed E-state index contributed by atoms with van der Waals surface area (Å²) in [5.41, 5.74) is 0. The summed E-state index contributed by atoms with van der Waals surface area (Å²) in [6.07, 6.45) is 9.66. The maximum Gasteiger partial charge on any atom is 0.0875 e. The Morgan fingerprint density at radius 3 is 1.50 bits per heavy atom. The van der Waals surface area contributed by atoms with E-state index in [1.807, 2.05) is 0 Å². The molecule has 1 aliphatic heterocycles. The van der Waals surface area contributed by atoms with Gasteiger partial charge in [0.25, 0.3) is 0 Å². The molecule has 6 unspecified atom stereocenters. The van der Waals surface area contributed by atoms with Crippen LogP contribution in [0.5, 0.6) is 0 Å². The molecule has 0 aromatic rings. The topological polar surface area (TPSA) is 53.0 Å². The Morgan fingerprint density at radius 2 is 1.07 bits per heavy atom. The minimum absolute atomic E-state index is 0. The van der Waals surface area contributed by atoms with Crippen molar-refractivity contribution in [1.82, 2.24) is 0 Å². The Bertz CT molecular complexity index is 565. The molecule has 2 N–H and O–H groups in total. The highest BCUT2D eigenvalue weighted by molar-refractivity contribution is 5.09. The van der Waals surface area contributed by atoms with E-state index in [1.54, 1.807) is 0 Å². The third-order valence-corrected chi connectivity index (χ3v) is 10.8. The van der Waals surface area contributed by atoms with Gasteiger partial charge in [-0.05, 0) is 104 Å². The van der Waals surface area contributed by atoms with E-state index in [2.05, 4.69) is 34.6 Å². The quantitative estimate of drug-likeness (QED) is 0.517. The van der Waals surface area contributed by atoms with Gasteiger partial charge >= 0.3 is 0 Å². The normalized spacial score (nSPS) is 60.3. The molecule has 3 nitrogen and oxygen atoms in total. The Kier molecular flexibility index (Phi) is 6.41. The smallest absolute Gasteiger partial charge is 0.0875 e. The van der Waals surface area contributed by atoms with Crippen LogP contribution in [0.3, 0.4) is 0 Å². The fraction of sp³-hybridized carbons (Fsp3) is 1.00. The van der Waals surface area contributed by atoms with Crippen molar-refractivity contribution in [3.05, 3.63) is 0 Å². The molecule has 0 amide bonds. The van der Waals surface area contributed by atoms with Crippen LogP contribution in [0.15, 0.2) is 0 Å². The summed E-state index contributed by atoms with van der Waals surface area (Å²) in [6, 6.07) is 0. The summed E-state index contributed by atoms with van der Waals surface area (Å²) >= 11 is 0. The number of aliphatic hydroxyl groups is 2. The second-order valence-electron chi connectivity index (χ2n) is 12.4. The first-order chi connectivity index (χ1) is 13.8. The van der Waals surface area contributed by atoms with Crippen LogP contribution < -0.4 is 0 Å². The van der Waals surface area contributed by atoms with Crippen LogP contribution in [0.2, 0.25) is 0 Å². The van der Waals surface area contributed by atoms with Crippen molar-refractivity contribution in [3.63, 3.8) is 0 Å². The van der Waals surface area contributed by atoms with Crippen LogP contribution in [-0.4, -0.2) is 34.6 Å². The van der Waals surface area contributed by atoms with E-state index >= 15 is 0 Å². The van der Waals surface area contributed by atoms with E-state index in [4.69, 9.17) is 4.74 Å². The van der Waals surface area contributed by atoms with Crippen molar-refractivity contribution in [2.75, 3.05) is 0 Å². The Hall–Kier alpha value is -0.120. The highest BCUT2D eigenvalue weighted by Crippen LogP contribution is 2.58. The molecule has 0 radical (unpaired) electrons. The van der Waals surface area contributed by atoms with Gasteiger partial charge in [-0.3, -0.25) is 0 Å². The predicted molar refractivity (Wildman–Crippen MR) is 122 cm³/mol. The van der Waals surface area contributed by atoms with Crippen LogP contribution in [0, 0.1) is 65.1 Å². The maximum absolute atomic E-state index is 9.66. The molecule has 0 spiro atoms. The van der Waals surface area contributed by atoms with E-state index in [-0.39, 0.29) is 19.6 Å². The number of hydrogen-bond acceptors (Lipinski definition) is 3. The van der Waals surface area contributed by atoms with Crippen molar-refractivity contribution in [2.45, 2.75) is 105 Å². The molecule has 3 heteroatoms. The second-order valence-corrected chi connectivity index (χ2v) is 12.4. The lowest BCUT2D eigenvalue weighted by Gasteiger charge is -2.28. The summed E-state index contributed by atoms with van der Waals surface area (Å²) < 4.78 is 5.51. The zero-order valence-electron chi connectivity index (χ0n) is 19.2. The first-order valence-electron chi connectivity index (χ1n) is 12.8. The van der Waals surface area contributed by atoms with E-state index in [0.717, 1.165) is 53.6 Å². The summed E-state index contributed by atoms with van der Waals surface area (Å²) in [7, 11) is 0. The average Bonchev–Trinajstić information content (AvgIpc) is 3.10. The molecule has 174 valence electrons. The number of hydrogen-bond donors (Lipinski definition) is 2. The number of rotatable bonds is 0. The van der Waals surface area contributed by atoms with Crippen molar-refractivity contribution in [1.29, 1.82) is 0 Å². The molecule has 1 heterocycles. The average molecular weight is 421 g/mol. The van der Waals surface area contributed by atoms with Crippen LogP contribution in [0.4, 0.5) is 0 Å². The van der Waals surface area contributed by atoms with Gasteiger partial charge in [0, 0.05) is 0 Å². The minimum Gasteiger partial charge on any atom is -0.393 e. The molecule has 6 saturated carbocycles. The Balaban J connectivity index is 0.000000107. The van der Waals surface area contributed by atoms with Gasteiger partial charge < -0.3 is 14.9 Å². The van der Waals surface area contributed by atoms with Crippen LogP contribution in [0.25, 0.3) is 0 Å². The highest BCUT2D eigenvalue weighted by atomic mass is 16.6. The van der Waals surface area contributed by atoms with Crippen LogP contribution in [-0.2, 0) is 4.74 Å². The number of ether oxygens (including phenoxy) is 1. The van der Waals surface area contributed by atoms with Crippen molar-refractivity contribution in [2.24, 2.45) is 65.1 Å². The molecule has 6 bridgehead atoms. The van der Waals surface area contributed by atoms with Crippen LogP contribution >= 0.6 is 0 Å². The van der Waals surface area contributed by atoms with Gasteiger partial charge in [-0.1, -0.05) is 42.0 Å². The standard InChI is InChI=1S/2C9H16O.C8H12O.CH4/c1-5-3-7-4-8(5)6(2)9(7)10;1-5-3-7-4-8(5)9(10)6(7)2;1-4-2-5-3-6(4)8-7(5)9-8;/h2*5-10H,3-4H2,1-2H3;4-8H,2-3H2,1H3;1H4/t2*5-,6?,7-,8-,9?;4-,5-,6-,7?,8?;/m000./s1. The molecule has 15 atom stereocenters. The van der Waals surface area contributed by atoms with E-state index in [9.17, 15) is 10.2 Å². The molecule has 0 aromatic heterocycles. The van der Waals surface area contributed by atoms with Gasteiger partial charge in [0.1, 0.15) is 0 Å². The summed E-state index contributed by atoms with van der Waals surface area (Å²) in [5.74, 6) is 8.69. The largest absolute Gasteiger partial charge is 0.393 e. The van der Waals surface area contributed by atoms with Gasteiger partial charge in [-0.15, -0.1) is 0 Å². The molecule has 1 saturated heterocycles. The number of epoxide rings is 1. The van der Waals surface area contributed by atoms with Gasteiger partial charge in [0.2, 0.25) is 0 Å². The van der Waals surface area contributed by atoms with E-state index < -0.39 is 0 Å². The third kappa shape index (κ3) is 3.69. The van der Waals surface area contributed by atoms with E-state index in [0.29, 0.717) is 23.7 Å². The molecular weight excluding hydrogens is 372 g/mol. The molecule has 7 aliphatic rings. The Labute approximate surface area is 185 Å². The maximum atomic E-state index is 9.66. The molecule has 0 aromatic carbocycles. The lowest BCUT2D eigenvalue weighted by molar-refractivity contribution is 0.0438. The number of aliphatic hydroxyl groups excluding tert-OH is 2. The Morgan fingerprint density at radius 1 is 0.533 bits per heavy atom. The van der Waals surface area contributed by atoms with E-state index in [1.165, 1.54) is 38.5 Å². The second kappa shape index (κ2) is 8.34.